The number of nitrogens with one attached hydrogen (secondary N) is 1. The van der Waals surface area contributed by atoms with Crippen LogP contribution in [0.3, 0.4) is 0 Å². The standard InChI is InChI=1S/C22H22Cl2N4O2S/c1-2-14-3-6-18-19(11-14)31-22(26-18)28-9-7-27(8-10-28)20(29)13-25-21(30)16-5-4-15(23)12-17(16)24/h3-6,11-12H,2,7-10,13H2,1H3,(H,25,30). The van der Waals surface area contributed by atoms with Crippen LogP contribution in [0, 0.1) is 0 Å². The highest BCUT2D eigenvalue weighted by atomic mass is 35.5. The topological polar surface area (TPSA) is 65.5 Å². The first-order chi connectivity index (χ1) is 14.9. The number of hydrogen-bond acceptors (Lipinski definition) is 5. The molecule has 2 aromatic carbocycles. The number of amides is 2. The Hall–Kier alpha value is -2.35. The van der Waals surface area contributed by atoms with Crippen molar-refractivity contribution in [1.29, 1.82) is 0 Å². The third-order valence-corrected chi connectivity index (χ3v) is 6.96. The molecule has 0 saturated carbocycles. The maximum atomic E-state index is 12.6. The first-order valence-corrected chi connectivity index (χ1v) is 11.7. The van der Waals surface area contributed by atoms with E-state index in [2.05, 4.69) is 35.3 Å². The van der Waals surface area contributed by atoms with Crippen molar-refractivity contribution in [2.24, 2.45) is 0 Å². The van der Waals surface area contributed by atoms with Gasteiger partial charge in [0, 0.05) is 31.2 Å². The van der Waals surface area contributed by atoms with E-state index in [9.17, 15) is 9.59 Å². The zero-order valence-corrected chi connectivity index (χ0v) is 19.4. The zero-order valence-electron chi connectivity index (χ0n) is 17.0. The van der Waals surface area contributed by atoms with E-state index in [0.717, 1.165) is 17.1 Å². The predicted molar refractivity (Wildman–Crippen MR) is 127 cm³/mol. The maximum Gasteiger partial charge on any atom is 0.253 e. The summed E-state index contributed by atoms with van der Waals surface area (Å²) in [6.07, 6.45) is 1.00. The minimum absolute atomic E-state index is 0.0707. The van der Waals surface area contributed by atoms with E-state index in [1.165, 1.54) is 16.3 Å². The monoisotopic (exact) mass is 476 g/mol. The van der Waals surface area contributed by atoms with Crippen LogP contribution < -0.4 is 10.2 Å². The van der Waals surface area contributed by atoms with Crippen LogP contribution >= 0.6 is 34.5 Å². The van der Waals surface area contributed by atoms with E-state index in [0.29, 0.717) is 36.8 Å². The molecule has 1 saturated heterocycles. The van der Waals surface area contributed by atoms with Gasteiger partial charge in [-0.1, -0.05) is 47.5 Å². The van der Waals surface area contributed by atoms with E-state index >= 15 is 0 Å². The highest BCUT2D eigenvalue weighted by Crippen LogP contribution is 2.30. The summed E-state index contributed by atoms with van der Waals surface area (Å²) in [5.41, 5.74) is 2.62. The van der Waals surface area contributed by atoms with Gasteiger partial charge >= 0.3 is 0 Å². The lowest BCUT2D eigenvalue weighted by Gasteiger charge is -2.34. The quantitative estimate of drug-likeness (QED) is 0.597. The molecule has 1 aliphatic heterocycles. The van der Waals surface area contributed by atoms with Crippen molar-refractivity contribution in [3.63, 3.8) is 0 Å². The van der Waals surface area contributed by atoms with Crippen LogP contribution in [0.25, 0.3) is 10.2 Å². The van der Waals surface area contributed by atoms with Crippen LogP contribution in [-0.4, -0.2) is 54.4 Å². The number of carbonyl (C=O) groups is 2. The van der Waals surface area contributed by atoms with E-state index < -0.39 is 5.91 Å². The Bertz CT molecular complexity index is 1130. The second-order valence-corrected chi connectivity index (χ2v) is 9.18. The Labute approximate surface area is 194 Å². The van der Waals surface area contributed by atoms with Crippen molar-refractivity contribution in [2.45, 2.75) is 13.3 Å². The number of aryl methyl sites for hydroxylation is 1. The average Bonchev–Trinajstić information content (AvgIpc) is 3.20. The van der Waals surface area contributed by atoms with Crippen molar-refractivity contribution in [3.8, 4) is 0 Å². The average molecular weight is 477 g/mol. The lowest BCUT2D eigenvalue weighted by atomic mass is 10.2. The Morgan fingerprint density at radius 2 is 1.87 bits per heavy atom. The molecule has 0 bridgehead atoms. The van der Waals surface area contributed by atoms with Crippen LogP contribution in [-0.2, 0) is 11.2 Å². The summed E-state index contributed by atoms with van der Waals surface area (Å²) in [6, 6.07) is 11.0. The van der Waals surface area contributed by atoms with Gasteiger partial charge in [-0.2, -0.15) is 0 Å². The first-order valence-electron chi connectivity index (χ1n) is 10.1. The van der Waals surface area contributed by atoms with Gasteiger partial charge in [0.15, 0.2) is 5.13 Å². The van der Waals surface area contributed by atoms with E-state index in [1.54, 1.807) is 28.4 Å². The van der Waals surface area contributed by atoms with Crippen LogP contribution in [0.4, 0.5) is 5.13 Å². The smallest absolute Gasteiger partial charge is 0.253 e. The Morgan fingerprint density at radius 3 is 2.58 bits per heavy atom. The van der Waals surface area contributed by atoms with Crippen molar-refractivity contribution < 1.29 is 9.59 Å². The lowest BCUT2D eigenvalue weighted by molar-refractivity contribution is -0.130. The van der Waals surface area contributed by atoms with Crippen molar-refractivity contribution in [3.05, 3.63) is 57.6 Å². The molecule has 3 aromatic rings. The number of carbonyl (C=O) groups excluding carboxylic acids is 2. The zero-order chi connectivity index (χ0) is 22.0. The van der Waals surface area contributed by atoms with E-state index in [4.69, 9.17) is 28.2 Å². The van der Waals surface area contributed by atoms with E-state index in [1.807, 2.05) is 0 Å². The molecular formula is C22H22Cl2N4O2S. The van der Waals surface area contributed by atoms with Gasteiger partial charge in [-0.3, -0.25) is 9.59 Å². The normalized spacial score (nSPS) is 14.2. The number of fused-ring (bicyclic) bond motifs is 1. The number of halogens is 2. The van der Waals surface area contributed by atoms with Gasteiger partial charge in [-0.05, 0) is 42.3 Å². The number of benzene rings is 2. The van der Waals surface area contributed by atoms with Crippen LogP contribution in [0.15, 0.2) is 36.4 Å². The fourth-order valence-corrected chi connectivity index (χ4v) is 5.07. The highest BCUT2D eigenvalue weighted by molar-refractivity contribution is 7.22. The van der Waals surface area contributed by atoms with Gasteiger partial charge in [-0.25, -0.2) is 4.98 Å². The minimum Gasteiger partial charge on any atom is -0.345 e. The highest BCUT2D eigenvalue weighted by Gasteiger charge is 2.23. The fraction of sp³-hybridized carbons (Fsp3) is 0.318. The summed E-state index contributed by atoms with van der Waals surface area (Å²) in [7, 11) is 0. The molecule has 31 heavy (non-hydrogen) atoms. The van der Waals surface area contributed by atoms with Gasteiger partial charge in [0.1, 0.15) is 0 Å². The van der Waals surface area contributed by atoms with Gasteiger partial charge in [0.2, 0.25) is 5.91 Å². The van der Waals surface area contributed by atoms with Crippen molar-refractivity contribution in [2.75, 3.05) is 37.6 Å². The predicted octanol–water partition coefficient (Wildman–Crippen LogP) is 4.24. The molecule has 0 aliphatic carbocycles. The fourth-order valence-electron chi connectivity index (χ4n) is 3.50. The van der Waals surface area contributed by atoms with Crippen molar-refractivity contribution in [1.82, 2.24) is 15.2 Å². The summed E-state index contributed by atoms with van der Waals surface area (Å²) < 4.78 is 1.19. The van der Waals surface area contributed by atoms with Gasteiger partial charge in [-0.15, -0.1) is 0 Å². The first kappa shape index (κ1) is 21.9. The molecule has 162 valence electrons. The SMILES string of the molecule is CCc1ccc2nc(N3CCN(C(=O)CNC(=O)c4ccc(Cl)cc4Cl)CC3)sc2c1. The molecule has 0 atom stereocenters. The molecule has 0 spiro atoms. The molecule has 2 amide bonds. The molecule has 1 fully saturated rings. The van der Waals surface area contributed by atoms with Gasteiger partial charge < -0.3 is 15.1 Å². The Kier molecular flexibility index (Phi) is 6.65. The number of anilines is 1. The second-order valence-electron chi connectivity index (χ2n) is 7.33. The number of thiazole rings is 1. The molecule has 0 unspecified atom stereocenters. The third kappa shape index (κ3) is 4.95. The number of piperazine rings is 1. The largest absolute Gasteiger partial charge is 0.345 e. The van der Waals surface area contributed by atoms with Crippen LogP contribution in [0.5, 0.6) is 0 Å². The number of nitrogens with zero attached hydrogens (tertiary/aromatic N) is 3. The number of aromatic nitrogens is 1. The molecule has 9 heteroatoms. The molecule has 1 aliphatic rings. The summed E-state index contributed by atoms with van der Waals surface area (Å²) in [4.78, 5) is 33.6. The molecule has 1 N–H and O–H groups in total. The summed E-state index contributed by atoms with van der Waals surface area (Å²) in [5, 5.41) is 4.34. The Morgan fingerprint density at radius 1 is 1.10 bits per heavy atom. The second kappa shape index (κ2) is 9.42. The van der Waals surface area contributed by atoms with E-state index in [-0.39, 0.29) is 17.5 Å². The molecule has 0 radical (unpaired) electrons. The number of hydrogen-bond donors (Lipinski definition) is 1. The van der Waals surface area contributed by atoms with Gasteiger partial charge in [0.25, 0.3) is 5.91 Å². The van der Waals surface area contributed by atoms with Crippen LogP contribution in [0.1, 0.15) is 22.8 Å². The molecule has 1 aromatic heterocycles. The third-order valence-electron chi connectivity index (χ3n) is 5.33. The number of rotatable bonds is 5. The van der Waals surface area contributed by atoms with Gasteiger partial charge in [0.05, 0.1) is 27.3 Å². The molecular weight excluding hydrogens is 455 g/mol. The molecule has 2 heterocycles. The molecule has 6 nitrogen and oxygen atoms in total. The Balaban J connectivity index is 1.31. The summed E-state index contributed by atoms with van der Waals surface area (Å²) in [5.74, 6) is -0.510. The van der Waals surface area contributed by atoms with Crippen molar-refractivity contribution >= 4 is 61.7 Å². The van der Waals surface area contributed by atoms with Crippen LogP contribution in [0.2, 0.25) is 10.0 Å². The summed E-state index contributed by atoms with van der Waals surface area (Å²) >= 11 is 13.6. The lowest BCUT2D eigenvalue weighted by Crippen LogP contribution is -2.51. The molecule has 4 rings (SSSR count). The minimum atomic E-state index is -0.394. The maximum absolute atomic E-state index is 12.6. The summed E-state index contributed by atoms with van der Waals surface area (Å²) in [6.45, 7) is 4.68.